The van der Waals surface area contributed by atoms with E-state index in [9.17, 15) is 19.5 Å². The molecule has 42 heavy (non-hydrogen) atoms. The molecule has 0 aliphatic carbocycles. The molecule has 2 aliphatic rings. The number of hydrogen-bond donors (Lipinski definition) is 2. The maximum atomic E-state index is 13.9. The number of ether oxygens (including phenoxy) is 1. The number of esters is 1. The van der Waals surface area contributed by atoms with Gasteiger partial charge in [-0.1, -0.05) is 82.4 Å². The predicted octanol–water partition coefficient (Wildman–Crippen LogP) is 4.07. The number of rotatable bonds is 2. The summed E-state index contributed by atoms with van der Waals surface area (Å²) in [6, 6.07) is -0.721. The molecule has 2 bridgehead atoms. The lowest BCUT2D eigenvalue weighted by Gasteiger charge is -2.29. The zero-order valence-electron chi connectivity index (χ0n) is 26.1. The Morgan fingerprint density at radius 3 is 2.57 bits per heavy atom. The van der Waals surface area contributed by atoms with E-state index in [-0.39, 0.29) is 35.8 Å². The number of nitrogens with one attached hydrogen (secondary N) is 1. The molecule has 0 aromatic carbocycles. The van der Waals surface area contributed by atoms with Crippen LogP contribution in [0, 0.1) is 11.8 Å². The fourth-order valence-electron chi connectivity index (χ4n) is 5.36. The van der Waals surface area contributed by atoms with Gasteiger partial charge in [0.2, 0.25) is 5.91 Å². The molecule has 2 aliphatic heterocycles. The number of carbonyl (C=O) groups is 3. The van der Waals surface area contributed by atoms with Crippen LogP contribution in [0.3, 0.4) is 0 Å². The fourth-order valence-corrected chi connectivity index (χ4v) is 6.66. The summed E-state index contributed by atoms with van der Waals surface area (Å²) in [5.74, 6) is -0.887. The molecule has 2 amide bonds. The Morgan fingerprint density at radius 2 is 1.90 bits per heavy atom. The van der Waals surface area contributed by atoms with Gasteiger partial charge in [0, 0.05) is 25.4 Å². The quantitative estimate of drug-likeness (QED) is 0.299. The number of nitrogens with zero attached hydrogens (tertiary/aromatic N) is 2. The average Bonchev–Trinajstić information content (AvgIpc) is 3.54. The Kier molecular flexibility index (Phi) is 11.3. The van der Waals surface area contributed by atoms with Crippen molar-refractivity contribution in [2.24, 2.45) is 11.8 Å². The molecule has 1 saturated heterocycles. The molecule has 9 nitrogen and oxygen atoms in total. The fraction of sp³-hybridized carbons (Fsp3) is 0.562. The van der Waals surface area contributed by atoms with E-state index >= 15 is 0 Å². The summed E-state index contributed by atoms with van der Waals surface area (Å²) in [6.07, 6.45) is 9.11. The van der Waals surface area contributed by atoms with Crippen molar-refractivity contribution in [3.05, 3.63) is 59.7 Å². The molecule has 0 radical (unpaired) electrons. The van der Waals surface area contributed by atoms with Crippen molar-refractivity contribution >= 4 is 31.2 Å². The maximum Gasteiger partial charge on any atom is 0.329 e. The van der Waals surface area contributed by atoms with Gasteiger partial charge in [0.05, 0.1) is 6.10 Å². The molecule has 4 unspecified atom stereocenters. The molecule has 230 valence electrons. The first-order valence-corrected chi connectivity index (χ1v) is 18.3. The van der Waals surface area contributed by atoms with E-state index in [0.29, 0.717) is 49.2 Å². The van der Waals surface area contributed by atoms with Gasteiger partial charge >= 0.3 is 5.97 Å². The second-order valence-electron chi connectivity index (χ2n) is 12.8. The third-order valence-corrected chi connectivity index (χ3v) is 9.15. The van der Waals surface area contributed by atoms with Gasteiger partial charge in [0.15, 0.2) is 11.6 Å². The second-order valence-corrected chi connectivity index (χ2v) is 17.8. The number of allylic oxidation sites excluding steroid dienone is 2. The second kappa shape index (κ2) is 14.3. The van der Waals surface area contributed by atoms with Gasteiger partial charge in [-0.3, -0.25) is 9.59 Å². The van der Waals surface area contributed by atoms with Crippen molar-refractivity contribution in [1.82, 2.24) is 15.2 Å². The number of aliphatic hydroxyl groups is 1. The first-order chi connectivity index (χ1) is 19.7. The lowest BCUT2D eigenvalue weighted by atomic mass is 9.94. The Balaban J connectivity index is 1.98. The van der Waals surface area contributed by atoms with E-state index in [0.717, 1.165) is 5.57 Å². The summed E-state index contributed by atoms with van der Waals surface area (Å²) in [6.45, 7) is 18.8. The van der Waals surface area contributed by atoms with Crippen LogP contribution in [-0.4, -0.2) is 72.2 Å². The first-order valence-electron chi connectivity index (χ1n) is 14.8. The number of amides is 2. The summed E-state index contributed by atoms with van der Waals surface area (Å²) < 4.78 is 12.2. The van der Waals surface area contributed by atoms with E-state index in [4.69, 9.17) is 9.15 Å². The van der Waals surface area contributed by atoms with Crippen molar-refractivity contribution in [2.75, 3.05) is 13.1 Å². The van der Waals surface area contributed by atoms with Crippen LogP contribution in [-0.2, 0) is 20.7 Å². The van der Waals surface area contributed by atoms with Crippen LogP contribution in [0.15, 0.2) is 52.5 Å². The summed E-state index contributed by atoms with van der Waals surface area (Å²) in [5, 5.41) is 14.0. The molecule has 1 fully saturated rings. The van der Waals surface area contributed by atoms with Gasteiger partial charge in [-0.2, -0.15) is 0 Å². The van der Waals surface area contributed by atoms with Crippen LogP contribution in [0.5, 0.6) is 0 Å². The van der Waals surface area contributed by atoms with Crippen molar-refractivity contribution in [1.29, 1.82) is 0 Å². The van der Waals surface area contributed by atoms with Gasteiger partial charge in [-0.15, -0.1) is 0 Å². The molecule has 0 saturated carbocycles. The van der Waals surface area contributed by atoms with Gasteiger partial charge in [-0.25, -0.2) is 9.78 Å². The molecule has 1 aromatic rings. The van der Waals surface area contributed by atoms with E-state index < -0.39 is 32.3 Å². The van der Waals surface area contributed by atoms with Gasteiger partial charge < -0.3 is 24.5 Å². The Bertz CT molecular complexity index is 1260. The number of carbonyl (C=O) groups excluding carboxylic acids is 3. The number of hydrogen-bond acceptors (Lipinski definition) is 7. The van der Waals surface area contributed by atoms with Crippen LogP contribution >= 0.6 is 0 Å². The lowest BCUT2D eigenvalue weighted by Crippen LogP contribution is -2.47. The average molecular weight is 598 g/mol. The zero-order chi connectivity index (χ0) is 31.2. The third kappa shape index (κ3) is 8.88. The van der Waals surface area contributed by atoms with Crippen LogP contribution < -0.4 is 10.7 Å². The van der Waals surface area contributed by atoms with Crippen LogP contribution in [0.1, 0.15) is 63.3 Å². The van der Waals surface area contributed by atoms with Crippen LogP contribution in [0.25, 0.3) is 0 Å². The van der Waals surface area contributed by atoms with E-state index in [1.54, 1.807) is 17.1 Å². The summed E-state index contributed by atoms with van der Waals surface area (Å²) in [5.41, 5.74) is 1.81. The van der Waals surface area contributed by atoms with E-state index in [1.807, 2.05) is 39.8 Å². The van der Waals surface area contributed by atoms with Crippen LogP contribution in [0.2, 0.25) is 19.6 Å². The predicted molar refractivity (Wildman–Crippen MR) is 166 cm³/mol. The van der Waals surface area contributed by atoms with Crippen molar-refractivity contribution in [2.45, 2.75) is 91.3 Å². The molecular formula is C32H47N3O6Si. The van der Waals surface area contributed by atoms with Gasteiger partial charge in [0.1, 0.15) is 25.6 Å². The highest BCUT2D eigenvalue weighted by Crippen LogP contribution is 2.26. The number of oxazole rings is 1. The number of aromatic nitrogens is 1. The molecule has 3 heterocycles. The van der Waals surface area contributed by atoms with Crippen molar-refractivity contribution in [3.8, 4) is 0 Å². The molecule has 1 aromatic heterocycles. The summed E-state index contributed by atoms with van der Waals surface area (Å²) in [7, 11) is -2.13. The zero-order valence-corrected chi connectivity index (χ0v) is 27.1. The topological polar surface area (TPSA) is 122 Å². The summed E-state index contributed by atoms with van der Waals surface area (Å²) >= 11 is 0. The number of aliphatic hydroxyl groups excluding tert-OH is 1. The molecular weight excluding hydrogens is 550 g/mol. The highest BCUT2D eigenvalue weighted by molar-refractivity contribution is 6.88. The third-order valence-electron chi connectivity index (χ3n) is 7.45. The normalized spacial score (nSPS) is 28.5. The minimum atomic E-state index is -2.13. The van der Waals surface area contributed by atoms with Crippen LogP contribution in [0.4, 0.5) is 0 Å². The minimum absolute atomic E-state index is 0.00516. The highest BCUT2D eigenvalue weighted by Gasteiger charge is 2.41. The van der Waals surface area contributed by atoms with Crippen molar-refractivity contribution in [3.63, 3.8) is 0 Å². The van der Waals surface area contributed by atoms with E-state index in [2.05, 4.69) is 36.5 Å². The molecule has 3 rings (SSSR count). The Hall–Kier alpha value is -3.24. The van der Waals surface area contributed by atoms with Crippen molar-refractivity contribution < 1.29 is 28.6 Å². The molecule has 4 atom stereocenters. The molecule has 0 spiro atoms. The van der Waals surface area contributed by atoms with E-state index in [1.165, 1.54) is 6.08 Å². The lowest BCUT2D eigenvalue weighted by molar-refractivity contribution is -0.158. The molecule has 2 N–H and O–H groups in total. The Labute approximate surface area is 250 Å². The largest absolute Gasteiger partial charge is 0.460 e. The number of cyclic esters (lactones) is 1. The smallest absolute Gasteiger partial charge is 0.329 e. The number of fused-ring (bicyclic) bond motifs is 3. The first kappa shape index (κ1) is 33.3. The highest BCUT2D eigenvalue weighted by atomic mass is 28.3. The Morgan fingerprint density at radius 1 is 1.19 bits per heavy atom. The summed E-state index contributed by atoms with van der Waals surface area (Å²) in [4.78, 5) is 46.0. The monoisotopic (exact) mass is 597 g/mol. The standard InChI is InChI=1S/C32H47N3O6Si/c1-20(2)29-23(5)13-14-26(37)33-15-9-11-21(3)17-24(36)18-22(4)19-27-34-28(32(40-27)42(6,7)8)30(38)35-16-10-12-25(35)31(39)41-29/h9,11,13-14,17,20,23-25,29,36H,4,10,12,15-16,18-19H2,1-3,5-8H3,(H,33,37)/b11-9+,14-13+,21-17+. The van der Waals surface area contributed by atoms with Gasteiger partial charge in [0.25, 0.3) is 5.91 Å². The molecule has 10 heteroatoms. The van der Waals surface area contributed by atoms with Gasteiger partial charge in [-0.05, 0) is 38.2 Å². The SMILES string of the molecule is C=C1Cc2nc(c([Si](C)(C)C)o2)C(=O)N2CCCC2C(=O)OC(C(C)C)C(C)/C=C/C(=O)NC/C=C/C(C)=C/C(O)C1. The minimum Gasteiger partial charge on any atom is -0.460 e. The maximum absolute atomic E-state index is 13.9.